The minimum absolute atomic E-state index is 0.0891. The Morgan fingerprint density at radius 3 is 2.57 bits per heavy atom. The molecule has 23 heavy (non-hydrogen) atoms. The van der Waals surface area contributed by atoms with Crippen molar-refractivity contribution in [2.45, 2.75) is 33.6 Å². The van der Waals surface area contributed by atoms with Crippen LogP contribution in [-0.2, 0) is 4.79 Å². The molecule has 0 aromatic heterocycles. The molecule has 1 rings (SSSR count). The van der Waals surface area contributed by atoms with Crippen molar-refractivity contribution in [1.29, 1.82) is 0 Å². The molecular formula is C16H22Cl2N2OS2. The van der Waals surface area contributed by atoms with Gasteiger partial charge in [0.05, 0.1) is 15.7 Å². The highest BCUT2D eigenvalue weighted by Gasteiger charge is 2.12. The first kappa shape index (κ1) is 20.6. The second kappa shape index (κ2) is 10.4. The fraction of sp³-hybridized carbons (Fsp3) is 0.500. The molecule has 0 bridgehead atoms. The zero-order valence-corrected chi connectivity index (χ0v) is 16.8. The van der Waals surface area contributed by atoms with E-state index in [1.165, 1.54) is 0 Å². The Balaban J connectivity index is 2.41. The normalized spacial score (nSPS) is 10.5. The van der Waals surface area contributed by atoms with Crippen molar-refractivity contribution < 1.29 is 4.79 Å². The van der Waals surface area contributed by atoms with E-state index in [0.29, 0.717) is 22.2 Å². The Morgan fingerprint density at radius 1 is 1.30 bits per heavy atom. The van der Waals surface area contributed by atoms with Crippen molar-refractivity contribution in [3.8, 4) is 0 Å². The first-order chi connectivity index (χ1) is 10.9. The van der Waals surface area contributed by atoms with Crippen molar-refractivity contribution >= 4 is 63.1 Å². The quantitative estimate of drug-likeness (QED) is 0.498. The van der Waals surface area contributed by atoms with Crippen molar-refractivity contribution in [2.75, 3.05) is 24.2 Å². The van der Waals surface area contributed by atoms with Gasteiger partial charge in [0.2, 0.25) is 5.91 Å². The molecule has 1 aromatic carbocycles. The van der Waals surface area contributed by atoms with Crippen LogP contribution in [0.1, 0.15) is 32.3 Å². The largest absolute Gasteiger partial charge is 0.358 e. The highest BCUT2D eigenvalue weighted by molar-refractivity contribution is 8.22. The van der Waals surface area contributed by atoms with Gasteiger partial charge in [0.1, 0.15) is 4.32 Å². The molecule has 0 aliphatic heterocycles. The Bertz CT molecular complexity index is 563. The zero-order chi connectivity index (χ0) is 17.4. The molecule has 0 radical (unpaired) electrons. The predicted octanol–water partition coefficient (Wildman–Crippen LogP) is 5.38. The third-order valence-corrected chi connectivity index (χ3v) is 5.76. The van der Waals surface area contributed by atoms with Gasteiger partial charge in [0.25, 0.3) is 0 Å². The molecule has 0 fully saturated rings. The number of carbonyl (C=O) groups excluding carboxylic acids is 1. The number of nitrogens with zero attached hydrogens (tertiary/aromatic N) is 1. The summed E-state index contributed by atoms with van der Waals surface area (Å²) in [5.74, 6) is 0.728. The second-order valence-electron chi connectivity index (χ2n) is 4.99. The van der Waals surface area contributed by atoms with Crippen molar-refractivity contribution in [3.05, 3.63) is 27.7 Å². The third kappa shape index (κ3) is 6.49. The van der Waals surface area contributed by atoms with E-state index in [2.05, 4.69) is 24.1 Å². The molecule has 128 valence electrons. The lowest BCUT2D eigenvalue weighted by molar-refractivity contribution is -0.116. The van der Waals surface area contributed by atoms with Gasteiger partial charge in [-0.05, 0) is 38.8 Å². The van der Waals surface area contributed by atoms with Crippen LogP contribution in [0.2, 0.25) is 10.0 Å². The molecule has 0 heterocycles. The highest BCUT2D eigenvalue weighted by atomic mass is 35.5. The molecule has 7 heteroatoms. The number of carbonyl (C=O) groups is 1. The first-order valence-electron chi connectivity index (χ1n) is 7.56. The van der Waals surface area contributed by atoms with Gasteiger partial charge in [0, 0.05) is 25.3 Å². The van der Waals surface area contributed by atoms with Gasteiger partial charge >= 0.3 is 0 Å². The Morgan fingerprint density at radius 2 is 1.96 bits per heavy atom. The number of amides is 1. The summed E-state index contributed by atoms with van der Waals surface area (Å²) in [5.41, 5.74) is 1.37. The second-order valence-corrected chi connectivity index (χ2v) is 7.51. The van der Waals surface area contributed by atoms with Gasteiger partial charge in [0.15, 0.2) is 0 Å². The van der Waals surface area contributed by atoms with E-state index in [-0.39, 0.29) is 5.91 Å². The van der Waals surface area contributed by atoms with Gasteiger partial charge < -0.3 is 10.2 Å². The van der Waals surface area contributed by atoms with E-state index in [0.717, 1.165) is 35.1 Å². The Kier molecular flexibility index (Phi) is 9.29. The SMILES string of the molecule is CCN(CC)C(=S)SCCCC(=O)Nc1c(Cl)ccc(C)c1Cl. The number of halogens is 2. The molecule has 1 amide bonds. The van der Waals surface area contributed by atoms with Crippen LogP contribution in [0.5, 0.6) is 0 Å². The van der Waals surface area contributed by atoms with E-state index in [1.807, 2.05) is 13.0 Å². The summed E-state index contributed by atoms with van der Waals surface area (Å²) in [4.78, 5) is 14.2. The van der Waals surface area contributed by atoms with E-state index < -0.39 is 0 Å². The summed E-state index contributed by atoms with van der Waals surface area (Å²) in [6.45, 7) is 7.86. The molecule has 0 aliphatic carbocycles. The van der Waals surface area contributed by atoms with Crippen LogP contribution >= 0.6 is 47.2 Å². The molecule has 0 unspecified atom stereocenters. The van der Waals surface area contributed by atoms with Crippen LogP contribution < -0.4 is 5.32 Å². The highest BCUT2D eigenvalue weighted by Crippen LogP contribution is 2.33. The zero-order valence-electron chi connectivity index (χ0n) is 13.6. The number of hydrogen-bond acceptors (Lipinski definition) is 3. The van der Waals surface area contributed by atoms with E-state index in [4.69, 9.17) is 35.4 Å². The van der Waals surface area contributed by atoms with Gasteiger partial charge in [-0.1, -0.05) is 53.2 Å². The molecule has 0 spiro atoms. The van der Waals surface area contributed by atoms with Crippen molar-refractivity contribution in [3.63, 3.8) is 0 Å². The summed E-state index contributed by atoms with van der Waals surface area (Å²) < 4.78 is 0.889. The molecule has 1 N–H and O–H groups in total. The molecular weight excluding hydrogens is 371 g/mol. The van der Waals surface area contributed by atoms with Crippen molar-refractivity contribution in [1.82, 2.24) is 4.90 Å². The third-order valence-electron chi connectivity index (χ3n) is 3.34. The monoisotopic (exact) mass is 392 g/mol. The predicted molar refractivity (Wildman–Crippen MR) is 107 cm³/mol. The van der Waals surface area contributed by atoms with E-state index >= 15 is 0 Å². The van der Waals surface area contributed by atoms with Crippen LogP contribution in [0, 0.1) is 6.92 Å². The number of benzene rings is 1. The maximum atomic E-state index is 12.0. The molecule has 0 saturated heterocycles. The minimum Gasteiger partial charge on any atom is -0.358 e. The summed E-state index contributed by atoms with van der Waals surface area (Å²) >= 11 is 19.3. The van der Waals surface area contributed by atoms with Gasteiger partial charge in [-0.3, -0.25) is 4.79 Å². The van der Waals surface area contributed by atoms with Crippen LogP contribution in [0.4, 0.5) is 5.69 Å². The maximum Gasteiger partial charge on any atom is 0.224 e. The average molecular weight is 393 g/mol. The number of hydrogen-bond donors (Lipinski definition) is 1. The van der Waals surface area contributed by atoms with Crippen LogP contribution in [0.3, 0.4) is 0 Å². The first-order valence-corrected chi connectivity index (χ1v) is 9.71. The number of thioether (sulfide) groups is 1. The number of thiocarbonyl (C=S) groups is 1. The standard InChI is InChI=1S/C16H22Cl2N2OS2/c1-4-20(5-2)16(22)23-10-6-7-13(21)19-15-12(17)9-8-11(3)14(15)18/h8-9H,4-7,10H2,1-3H3,(H,19,21). The topological polar surface area (TPSA) is 32.3 Å². The molecule has 0 saturated carbocycles. The number of nitrogens with one attached hydrogen (secondary N) is 1. The smallest absolute Gasteiger partial charge is 0.224 e. The average Bonchev–Trinajstić information content (AvgIpc) is 2.53. The van der Waals surface area contributed by atoms with E-state index in [1.54, 1.807) is 17.8 Å². The van der Waals surface area contributed by atoms with Crippen molar-refractivity contribution in [2.24, 2.45) is 0 Å². The molecule has 3 nitrogen and oxygen atoms in total. The molecule has 0 atom stereocenters. The Hall–Kier alpha value is -0.490. The number of anilines is 1. The lowest BCUT2D eigenvalue weighted by Crippen LogP contribution is -2.26. The number of aryl methyl sites for hydroxylation is 1. The van der Waals surface area contributed by atoms with Gasteiger partial charge in [-0.2, -0.15) is 0 Å². The maximum absolute atomic E-state index is 12.0. The van der Waals surface area contributed by atoms with Gasteiger partial charge in [-0.25, -0.2) is 0 Å². The Labute approximate surface area is 158 Å². The fourth-order valence-electron chi connectivity index (χ4n) is 1.94. The minimum atomic E-state index is -0.0891. The number of rotatable bonds is 7. The summed E-state index contributed by atoms with van der Waals surface area (Å²) in [6, 6.07) is 3.56. The van der Waals surface area contributed by atoms with Crippen LogP contribution in [-0.4, -0.2) is 34.0 Å². The summed E-state index contributed by atoms with van der Waals surface area (Å²) in [7, 11) is 0. The van der Waals surface area contributed by atoms with E-state index in [9.17, 15) is 4.79 Å². The van der Waals surface area contributed by atoms with Crippen LogP contribution in [0.25, 0.3) is 0 Å². The fourth-order valence-corrected chi connectivity index (χ4v) is 3.82. The van der Waals surface area contributed by atoms with Crippen LogP contribution in [0.15, 0.2) is 12.1 Å². The lowest BCUT2D eigenvalue weighted by Gasteiger charge is -2.20. The molecule has 1 aromatic rings. The lowest BCUT2D eigenvalue weighted by atomic mass is 10.2. The molecule has 0 aliphatic rings. The summed E-state index contributed by atoms with van der Waals surface area (Å²) in [5, 5.41) is 3.74. The van der Waals surface area contributed by atoms with Gasteiger partial charge in [-0.15, -0.1) is 0 Å². The summed E-state index contributed by atoms with van der Waals surface area (Å²) in [6.07, 6.45) is 1.16.